The fourth-order valence-electron chi connectivity index (χ4n) is 8.66. The van der Waals surface area contributed by atoms with Gasteiger partial charge in [0.2, 0.25) is 5.91 Å². The third-order valence-corrected chi connectivity index (χ3v) is 12.8. The molecule has 0 heterocycles. The Labute approximate surface area is 380 Å². The van der Waals surface area contributed by atoms with Crippen molar-refractivity contribution < 1.29 is 24.5 Å². The van der Waals surface area contributed by atoms with Gasteiger partial charge in [0.15, 0.2) is 0 Å². The summed E-state index contributed by atoms with van der Waals surface area (Å²) in [5.74, 6) is -0.467. The van der Waals surface area contributed by atoms with Gasteiger partial charge in [-0.2, -0.15) is 0 Å². The van der Waals surface area contributed by atoms with E-state index >= 15 is 0 Å². The summed E-state index contributed by atoms with van der Waals surface area (Å²) in [7, 11) is 0. The Morgan fingerprint density at radius 1 is 0.459 bits per heavy atom. The number of allylic oxidation sites excluding steroid dienone is 2. The number of amides is 1. The van der Waals surface area contributed by atoms with Crippen LogP contribution in [0.15, 0.2) is 12.2 Å². The second-order valence-electron chi connectivity index (χ2n) is 19.0. The van der Waals surface area contributed by atoms with E-state index in [0.29, 0.717) is 19.3 Å². The standard InChI is InChI=1S/C55H107NO5/c1-4-7-10-13-16-19-21-23-25-26-27-29-31-33-36-39-42-45-48-55(60)61-51(46-43-40-37-34-18-15-12-9-6-3)49-54(59)56-52(50-57)53(58)47-44-41-38-35-32-30-28-24-22-20-17-14-11-8-5-2/h27,29,51-53,57-58H,4-26,28,30-50H2,1-3H3,(H,56,59)/b29-27+. The molecule has 3 atom stereocenters. The minimum absolute atomic E-state index is 0.0809. The summed E-state index contributed by atoms with van der Waals surface area (Å²) in [6, 6.07) is -0.696. The fourth-order valence-corrected chi connectivity index (χ4v) is 8.66. The molecule has 3 N–H and O–H groups in total. The van der Waals surface area contributed by atoms with E-state index in [1.165, 1.54) is 205 Å². The van der Waals surface area contributed by atoms with Gasteiger partial charge in [-0.05, 0) is 51.4 Å². The van der Waals surface area contributed by atoms with Crippen molar-refractivity contribution in [3.63, 3.8) is 0 Å². The normalized spacial score (nSPS) is 13.2. The van der Waals surface area contributed by atoms with Crippen molar-refractivity contribution in [1.29, 1.82) is 0 Å². The Morgan fingerprint density at radius 2 is 0.787 bits per heavy atom. The lowest BCUT2D eigenvalue weighted by atomic mass is 10.0. The smallest absolute Gasteiger partial charge is 0.306 e. The molecule has 0 bridgehead atoms. The summed E-state index contributed by atoms with van der Waals surface area (Å²) in [5, 5.41) is 23.8. The largest absolute Gasteiger partial charge is 0.462 e. The van der Waals surface area contributed by atoms with E-state index < -0.39 is 18.2 Å². The van der Waals surface area contributed by atoms with Crippen LogP contribution in [0.25, 0.3) is 0 Å². The molecule has 362 valence electrons. The first-order valence-corrected chi connectivity index (χ1v) is 27.4. The maximum absolute atomic E-state index is 13.2. The summed E-state index contributed by atoms with van der Waals surface area (Å²) in [6.07, 6.45) is 55.7. The van der Waals surface area contributed by atoms with Crippen LogP contribution in [-0.4, -0.2) is 46.9 Å². The lowest BCUT2D eigenvalue weighted by molar-refractivity contribution is -0.151. The van der Waals surface area contributed by atoms with Gasteiger partial charge >= 0.3 is 5.97 Å². The second kappa shape index (κ2) is 49.6. The number of unbranched alkanes of at least 4 members (excludes halogenated alkanes) is 36. The molecule has 3 unspecified atom stereocenters. The third-order valence-electron chi connectivity index (χ3n) is 12.8. The molecule has 0 aliphatic rings. The first-order chi connectivity index (χ1) is 30.0. The molecule has 1 amide bonds. The van der Waals surface area contributed by atoms with Crippen LogP contribution >= 0.6 is 0 Å². The van der Waals surface area contributed by atoms with Crippen molar-refractivity contribution >= 4 is 11.9 Å². The van der Waals surface area contributed by atoms with Crippen molar-refractivity contribution in [3.8, 4) is 0 Å². The molecular formula is C55H107NO5. The Balaban J connectivity index is 4.39. The molecule has 0 aromatic rings. The lowest BCUT2D eigenvalue weighted by Gasteiger charge is -2.24. The average molecular weight is 862 g/mol. The highest BCUT2D eigenvalue weighted by atomic mass is 16.5. The van der Waals surface area contributed by atoms with Crippen LogP contribution in [0.2, 0.25) is 0 Å². The summed E-state index contributed by atoms with van der Waals surface area (Å²) in [5.41, 5.74) is 0. The molecular weight excluding hydrogens is 755 g/mol. The first kappa shape index (κ1) is 59.6. The summed E-state index contributed by atoms with van der Waals surface area (Å²) in [6.45, 7) is 6.50. The van der Waals surface area contributed by atoms with Gasteiger partial charge in [-0.3, -0.25) is 9.59 Å². The maximum atomic E-state index is 13.2. The van der Waals surface area contributed by atoms with Gasteiger partial charge in [0.05, 0.1) is 25.2 Å². The number of ether oxygens (including phenoxy) is 1. The summed E-state index contributed by atoms with van der Waals surface area (Å²) in [4.78, 5) is 26.1. The minimum Gasteiger partial charge on any atom is -0.462 e. The van der Waals surface area contributed by atoms with E-state index in [2.05, 4.69) is 38.2 Å². The number of hydrogen-bond acceptors (Lipinski definition) is 5. The molecule has 0 saturated carbocycles. The van der Waals surface area contributed by atoms with Gasteiger partial charge in [-0.15, -0.1) is 0 Å². The van der Waals surface area contributed by atoms with Crippen LogP contribution in [-0.2, 0) is 14.3 Å². The van der Waals surface area contributed by atoms with Crippen LogP contribution < -0.4 is 5.32 Å². The van der Waals surface area contributed by atoms with Crippen molar-refractivity contribution in [2.24, 2.45) is 0 Å². The van der Waals surface area contributed by atoms with Gasteiger partial charge < -0.3 is 20.3 Å². The van der Waals surface area contributed by atoms with Crippen LogP contribution in [0.1, 0.15) is 303 Å². The summed E-state index contributed by atoms with van der Waals surface area (Å²) >= 11 is 0. The van der Waals surface area contributed by atoms with Gasteiger partial charge in [-0.25, -0.2) is 0 Å². The van der Waals surface area contributed by atoms with Gasteiger partial charge in [0.1, 0.15) is 6.10 Å². The number of carbonyl (C=O) groups is 2. The van der Waals surface area contributed by atoms with Crippen molar-refractivity contribution in [3.05, 3.63) is 12.2 Å². The Morgan fingerprint density at radius 3 is 1.16 bits per heavy atom. The van der Waals surface area contributed by atoms with Crippen LogP contribution in [0.3, 0.4) is 0 Å². The van der Waals surface area contributed by atoms with Gasteiger partial charge in [0.25, 0.3) is 0 Å². The lowest BCUT2D eigenvalue weighted by Crippen LogP contribution is -2.46. The second-order valence-corrected chi connectivity index (χ2v) is 19.0. The zero-order valence-electron chi connectivity index (χ0n) is 41.3. The molecule has 6 heteroatoms. The number of aliphatic hydroxyl groups excluding tert-OH is 2. The monoisotopic (exact) mass is 862 g/mol. The number of nitrogens with one attached hydrogen (secondary N) is 1. The number of hydrogen-bond donors (Lipinski definition) is 3. The predicted molar refractivity (Wildman–Crippen MR) is 264 cm³/mol. The molecule has 0 aliphatic carbocycles. The average Bonchev–Trinajstić information content (AvgIpc) is 3.25. The van der Waals surface area contributed by atoms with E-state index in [1.54, 1.807) is 0 Å². The molecule has 61 heavy (non-hydrogen) atoms. The molecule has 0 fully saturated rings. The molecule has 0 aliphatic heterocycles. The molecule has 0 radical (unpaired) electrons. The number of rotatable bonds is 50. The highest BCUT2D eigenvalue weighted by Gasteiger charge is 2.24. The minimum atomic E-state index is -0.783. The maximum Gasteiger partial charge on any atom is 0.306 e. The Bertz CT molecular complexity index is 924. The Kier molecular flexibility index (Phi) is 48.5. The number of esters is 1. The molecule has 0 aromatic carbocycles. The van der Waals surface area contributed by atoms with Crippen molar-refractivity contribution in [2.75, 3.05) is 6.61 Å². The molecule has 6 nitrogen and oxygen atoms in total. The molecule has 0 spiro atoms. The highest BCUT2D eigenvalue weighted by Crippen LogP contribution is 2.18. The van der Waals surface area contributed by atoms with E-state index in [1.807, 2.05) is 0 Å². The van der Waals surface area contributed by atoms with Gasteiger partial charge in [-0.1, -0.05) is 251 Å². The van der Waals surface area contributed by atoms with Crippen LogP contribution in [0.5, 0.6) is 0 Å². The molecule has 0 rings (SSSR count). The Hall–Kier alpha value is -1.40. The highest BCUT2D eigenvalue weighted by molar-refractivity contribution is 5.77. The third kappa shape index (κ3) is 45.0. The van der Waals surface area contributed by atoms with Crippen LogP contribution in [0.4, 0.5) is 0 Å². The summed E-state index contributed by atoms with van der Waals surface area (Å²) < 4.78 is 5.93. The first-order valence-electron chi connectivity index (χ1n) is 27.4. The molecule has 0 saturated heterocycles. The van der Waals surface area contributed by atoms with Crippen molar-refractivity contribution in [2.45, 2.75) is 322 Å². The van der Waals surface area contributed by atoms with E-state index in [0.717, 1.165) is 51.4 Å². The molecule has 0 aromatic heterocycles. The number of carbonyl (C=O) groups excluding carboxylic acids is 2. The van der Waals surface area contributed by atoms with Gasteiger partial charge in [0, 0.05) is 6.42 Å². The predicted octanol–water partition coefficient (Wildman–Crippen LogP) is 16.5. The zero-order valence-corrected chi connectivity index (χ0v) is 41.3. The topological polar surface area (TPSA) is 95.9 Å². The fraction of sp³-hybridized carbons (Fsp3) is 0.927. The number of aliphatic hydroxyl groups is 2. The van der Waals surface area contributed by atoms with Crippen LogP contribution in [0, 0.1) is 0 Å². The van der Waals surface area contributed by atoms with E-state index in [9.17, 15) is 19.8 Å². The SMILES string of the molecule is CCCCCCCCCCC/C=C/CCCCCCCC(=O)OC(CCCCCCCCCCC)CC(=O)NC(CO)C(O)CCCCCCCCCCCCCCCCC. The zero-order chi connectivity index (χ0) is 44.5. The quantitative estimate of drug-likeness (QED) is 0.0322. The van der Waals surface area contributed by atoms with E-state index in [4.69, 9.17) is 4.74 Å². The van der Waals surface area contributed by atoms with E-state index in [-0.39, 0.29) is 24.9 Å². The van der Waals surface area contributed by atoms with Crippen molar-refractivity contribution in [1.82, 2.24) is 5.32 Å².